The van der Waals surface area contributed by atoms with Crippen LogP contribution >= 0.6 is 0 Å². The van der Waals surface area contributed by atoms with Crippen LogP contribution in [-0.2, 0) is 4.79 Å². The molecule has 1 aromatic rings. The van der Waals surface area contributed by atoms with E-state index in [1.807, 2.05) is 6.92 Å². The molecule has 0 aliphatic rings. The minimum absolute atomic E-state index is 0.139. The number of benzene rings is 1. The molecule has 2 nitrogen and oxygen atoms in total. The lowest BCUT2D eigenvalue weighted by Gasteiger charge is -2.15. The molecule has 2 heteroatoms. The maximum atomic E-state index is 11.0. The van der Waals surface area contributed by atoms with Crippen molar-refractivity contribution >= 4 is 5.78 Å². The number of carbonyl (C=O) groups is 1. The second-order valence-corrected chi connectivity index (χ2v) is 4.31. The van der Waals surface area contributed by atoms with Crippen molar-refractivity contribution in [3.63, 3.8) is 0 Å². The summed E-state index contributed by atoms with van der Waals surface area (Å²) in [5, 5.41) is 0. The summed E-state index contributed by atoms with van der Waals surface area (Å²) in [4.78, 5) is 11.0. The molecule has 0 aliphatic carbocycles. The second kappa shape index (κ2) is 4.58. The summed E-state index contributed by atoms with van der Waals surface area (Å²) >= 11 is 0. The van der Waals surface area contributed by atoms with Crippen LogP contribution in [0.4, 0.5) is 0 Å². The summed E-state index contributed by atoms with van der Waals surface area (Å²) in [6, 6.07) is 4.06. The second-order valence-electron chi connectivity index (χ2n) is 4.31. The molecule has 0 heterocycles. The molecule has 15 heavy (non-hydrogen) atoms. The van der Waals surface area contributed by atoms with Crippen LogP contribution in [0.25, 0.3) is 0 Å². The normalized spacial score (nSPS) is 12.6. The summed E-state index contributed by atoms with van der Waals surface area (Å²) in [5.41, 5.74) is 10.8. The van der Waals surface area contributed by atoms with Crippen molar-refractivity contribution in [2.45, 2.75) is 40.2 Å². The van der Waals surface area contributed by atoms with Crippen molar-refractivity contribution in [2.75, 3.05) is 0 Å². The Kier molecular flexibility index (Phi) is 3.64. The minimum atomic E-state index is -0.165. The molecule has 0 fully saturated rings. The fourth-order valence-corrected chi connectivity index (χ4v) is 1.80. The van der Waals surface area contributed by atoms with Gasteiger partial charge in [0.05, 0.1) is 0 Å². The van der Waals surface area contributed by atoms with Crippen LogP contribution < -0.4 is 5.73 Å². The number of hydrogen-bond donors (Lipinski definition) is 1. The minimum Gasteiger partial charge on any atom is -0.324 e. The topological polar surface area (TPSA) is 43.1 Å². The zero-order valence-corrected chi connectivity index (χ0v) is 9.92. The van der Waals surface area contributed by atoms with Gasteiger partial charge < -0.3 is 5.73 Å². The summed E-state index contributed by atoms with van der Waals surface area (Å²) < 4.78 is 0. The Morgan fingerprint density at radius 3 is 2.27 bits per heavy atom. The predicted molar refractivity (Wildman–Crippen MR) is 62.9 cm³/mol. The molecule has 82 valence electrons. The number of carbonyl (C=O) groups excluding carboxylic acids is 1. The molecule has 2 N–H and O–H groups in total. The molecule has 1 atom stereocenters. The van der Waals surface area contributed by atoms with Crippen LogP contribution in [0.1, 0.15) is 41.6 Å². The van der Waals surface area contributed by atoms with E-state index in [1.165, 1.54) is 16.7 Å². The quantitative estimate of drug-likeness (QED) is 0.824. The van der Waals surface area contributed by atoms with Crippen LogP contribution in [0, 0.1) is 20.8 Å². The third-order valence-corrected chi connectivity index (χ3v) is 2.79. The molecule has 1 unspecified atom stereocenters. The van der Waals surface area contributed by atoms with E-state index in [1.54, 1.807) is 6.92 Å². The highest BCUT2D eigenvalue weighted by Crippen LogP contribution is 2.22. The summed E-state index contributed by atoms with van der Waals surface area (Å²) in [6.07, 6.45) is 0.420. The summed E-state index contributed by atoms with van der Waals surface area (Å²) in [7, 11) is 0. The Bertz CT molecular complexity index is 382. The number of hydrogen-bond acceptors (Lipinski definition) is 2. The highest BCUT2D eigenvalue weighted by atomic mass is 16.1. The van der Waals surface area contributed by atoms with E-state index in [4.69, 9.17) is 5.73 Å². The lowest BCUT2D eigenvalue weighted by molar-refractivity contribution is -0.117. The predicted octanol–water partition coefficient (Wildman–Crippen LogP) is 2.59. The van der Waals surface area contributed by atoms with E-state index in [9.17, 15) is 4.79 Å². The van der Waals surface area contributed by atoms with Gasteiger partial charge in [-0.1, -0.05) is 12.1 Å². The Morgan fingerprint density at radius 1 is 1.20 bits per heavy atom. The lowest BCUT2D eigenvalue weighted by atomic mass is 9.94. The molecule has 0 aliphatic heterocycles. The Balaban J connectivity index is 3.03. The third-order valence-electron chi connectivity index (χ3n) is 2.79. The smallest absolute Gasteiger partial charge is 0.131 e. The largest absolute Gasteiger partial charge is 0.324 e. The molecule has 1 rings (SSSR count). The van der Waals surface area contributed by atoms with Gasteiger partial charge in [0.1, 0.15) is 5.78 Å². The highest BCUT2D eigenvalue weighted by Gasteiger charge is 2.12. The van der Waals surface area contributed by atoms with Crippen molar-refractivity contribution in [1.82, 2.24) is 0 Å². The van der Waals surface area contributed by atoms with Gasteiger partial charge in [0.25, 0.3) is 0 Å². The van der Waals surface area contributed by atoms with Gasteiger partial charge in [0.15, 0.2) is 0 Å². The van der Waals surface area contributed by atoms with E-state index in [0.717, 1.165) is 5.56 Å². The van der Waals surface area contributed by atoms with Gasteiger partial charge in [-0.15, -0.1) is 0 Å². The van der Waals surface area contributed by atoms with Crippen LogP contribution in [0.2, 0.25) is 0 Å². The Morgan fingerprint density at radius 2 is 1.73 bits per heavy atom. The first-order valence-corrected chi connectivity index (χ1v) is 5.24. The monoisotopic (exact) mass is 205 g/mol. The van der Waals surface area contributed by atoms with E-state index in [-0.39, 0.29) is 11.8 Å². The number of aryl methyl sites for hydroxylation is 3. The molecule has 0 aromatic heterocycles. The van der Waals surface area contributed by atoms with Crippen LogP contribution in [0.3, 0.4) is 0 Å². The number of Topliss-reactive ketones (excluding diaryl/α,β-unsaturated/α-hetero) is 1. The standard InChI is InChI=1S/C13H19NO/c1-8-5-10(3)12(6-9(8)2)13(14)7-11(4)15/h5-6,13H,7,14H2,1-4H3. The Hall–Kier alpha value is -1.15. The van der Waals surface area contributed by atoms with Crippen molar-refractivity contribution in [3.05, 3.63) is 34.4 Å². The molecule has 0 spiro atoms. The first-order chi connectivity index (χ1) is 6.91. The molecular formula is C13H19NO. The number of nitrogens with two attached hydrogens (primary N) is 1. The summed E-state index contributed by atoms with van der Waals surface area (Å²) in [5.74, 6) is 0.139. The zero-order chi connectivity index (χ0) is 11.6. The first-order valence-electron chi connectivity index (χ1n) is 5.24. The van der Waals surface area contributed by atoms with Gasteiger partial charge in [0, 0.05) is 12.5 Å². The molecule has 0 saturated carbocycles. The molecule has 0 saturated heterocycles. The number of ketones is 1. The van der Waals surface area contributed by atoms with Gasteiger partial charge in [-0.3, -0.25) is 4.79 Å². The van der Waals surface area contributed by atoms with Crippen LogP contribution in [0.15, 0.2) is 12.1 Å². The highest BCUT2D eigenvalue weighted by molar-refractivity contribution is 5.76. The van der Waals surface area contributed by atoms with E-state index < -0.39 is 0 Å². The van der Waals surface area contributed by atoms with Gasteiger partial charge in [-0.2, -0.15) is 0 Å². The van der Waals surface area contributed by atoms with Gasteiger partial charge >= 0.3 is 0 Å². The molecular weight excluding hydrogens is 186 g/mol. The van der Waals surface area contributed by atoms with Gasteiger partial charge in [0.2, 0.25) is 0 Å². The lowest BCUT2D eigenvalue weighted by Crippen LogP contribution is -2.15. The zero-order valence-electron chi connectivity index (χ0n) is 9.92. The van der Waals surface area contributed by atoms with Crippen molar-refractivity contribution in [3.8, 4) is 0 Å². The first kappa shape index (κ1) is 11.9. The van der Waals surface area contributed by atoms with E-state index >= 15 is 0 Å². The van der Waals surface area contributed by atoms with Gasteiger partial charge in [-0.05, 0) is 49.9 Å². The van der Waals surface area contributed by atoms with E-state index in [0.29, 0.717) is 6.42 Å². The number of rotatable bonds is 3. The van der Waals surface area contributed by atoms with Crippen molar-refractivity contribution in [2.24, 2.45) is 5.73 Å². The summed E-state index contributed by atoms with van der Waals surface area (Å²) in [6.45, 7) is 7.78. The Labute approximate surface area is 91.5 Å². The molecule has 0 radical (unpaired) electrons. The van der Waals surface area contributed by atoms with Crippen molar-refractivity contribution < 1.29 is 4.79 Å². The maximum absolute atomic E-state index is 11.0. The average molecular weight is 205 g/mol. The fourth-order valence-electron chi connectivity index (χ4n) is 1.80. The maximum Gasteiger partial charge on any atom is 0.131 e. The third kappa shape index (κ3) is 2.90. The fraction of sp³-hybridized carbons (Fsp3) is 0.462. The molecule has 0 bridgehead atoms. The van der Waals surface area contributed by atoms with Crippen molar-refractivity contribution in [1.29, 1.82) is 0 Å². The molecule has 0 amide bonds. The molecule has 1 aromatic carbocycles. The van der Waals surface area contributed by atoms with Crippen LogP contribution in [-0.4, -0.2) is 5.78 Å². The van der Waals surface area contributed by atoms with Gasteiger partial charge in [-0.25, -0.2) is 0 Å². The van der Waals surface area contributed by atoms with Crippen LogP contribution in [0.5, 0.6) is 0 Å². The SMILES string of the molecule is CC(=O)CC(N)c1cc(C)c(C)cc1C. The van der Waals surface area contributed by atoms with E-state index in [2.05, 4.69) is 26.0 Å². The average Bonchev–Trinajstić information content (AvgIpc) is 2.09.